The molecule has 0 aliphatic carbocycles. The summed E-state index contributed by atoms with van der Waals surface area (Å²) in [7, 11) is 0. The maximum atomic E-state index is 11.4. The van der Waals surface area contributed by atoms with E-state index in [1.54, 1.807) is 0 Å². The van der Waals surface area contributed by atoms with Crippen LogP contribution in [0, 0.1) is 5.41 Å². The van der Waals surface area contributed by atoms with Gasteiger partial charge in [0.1, 0.15) is 5.60 Å². The predicted molar refractivity (Wildman–Crippen MR) is 64.9 cm³/mol. The zero-order valence-electron chi connectivity index (χ0n) is 11.6. The summed E-state index contributed by atoms with van der Waals surface area (Å²) in [5.41, 5.74) is -0.232. The summed E-state index contributed by atoms with van der Waals surface area (Å²) in [5.74, 6) is -0.279. The first kappa shape index (κ1) is 15.4. The van der Waals surface area contributed by atoms with E-state index in [0.29, 0.717) is 6.42 Å². The fourth-order valence-corrected chi connectivity index (χ4v) is 1.32. The number of hydrogen-bond donors (Lipinski definition) is 0. The second kappa shape index (κ2) is 6.24. The second-order valence-corrected chi connectivity index (χ2v) is 6.11. The van der Waals surface area contributed by atoms with Crippen LogP contribution in [0.5, 0.6) is 0 Å². The van der Waals surface area contributed by atoms with Gasteiger partial charge in [0.15, 0.2) is 0 Å². The molecule has 0 aromatic heterocycles. The van der Waals surface area contributed by atoms with Crippen molar-refractivity contribution in [3.63, 3.8) is 0 Å². The van der Waals surface area contributed by atoms with Crippen LogP contribution in [0.15, 0.2) is 0 Å². The van der Waals surface area contributed by atoms with E-state index in [0.717, 1.165) is 19.3 Å². The third kappa shape index (κ3) is 8.72. The predicted octanol–water partition coefficient (Wildman–Crippen LogP) is 3.87. The molecule has 0 radical (unpaired) electrons. The van der Waals surface area contributed by atoms with Crippen molar-refractivity contribution in [3.05, 3.63) is 0 Å². The highest BCUT2D eigenvalue weighted by molar-refractivity contribution is 5.68. The number of rotatable bonds is 6. The highest BCUT2D eigenvalue weighted by Crippen LogP contribution is 2.22. The topological polar surface area (TPSA) is 35.5 Å². The highest BCUT2D eigenvalue weighted by atomic mass is 17.2. The van der Waals surface area contributed by atoms with E-state index in [1.165, 1.54) is 0 Å². The van der Waals surface area contributed by atoms with Gasteiger partial charge in [0.05, 0.1) is 0 Å². The van der Waals surface area contributed by atoms with Crippen molar-refractivity contribution < 1.29 is 14.6 Å². The molecule has 0 saturated heterocycles. The van der Waals surface area contributed by atoms with Gasteiger partial charge in [-0.1, -0.05) is 34.1 Å². The molecule has 0 aromatic carbocycles. The zero-order chi connectivity index (χ0) is 12.8. The third-order valence-corrected chi connectivity index (χ3v) is 2.29. The van der Waals surface area contributed by atoms with Crippen LogP contribution in [-0.4, -0.2) is 11.6 Å². The van der Waals surface area contributed by atoms with Crippen LogP contribution in [0.2, 0.25) is 0 Å². The summed E-state index contributed by atoms with van der Waals surface area (Å²) in [5, 5.41) is 0. The van der Waals surface area contributed by atoms with E-state index in [-0.39, 0.29) is 17.0 Å². The van der Waals surface area contributed by atoms with E-state index in [2.05, 4.69) is 27.7 Å². The number of carbonyl (C=O) groups is 1. The van der Waals surface area contributed by atoms with Gasteiger partial charge in [0, 0.05) is 6.42 Å². The van der Waals surface area contributed by atoms with Gasteiger partial charge >= 0.3 is 5.97 Å². The summed E-state index contributed by atoms with van der Waals surface area (Å²) >= 11 is 0. The highest BCUT2D eigenvalue weighted by Gasteiger charge is 2.21. The molecule has 0 bridgehead atoms. The normalized spacial score (nSPS) is 12.6. The van der Waals surface area contributed by atoms with Crippen LogP contribution >= 0.6 is 0 Å². The fraction of sp³-hybridized carbons (Fsp3) is 0.923. The molecule has 0 unspecified atom stereocenters. The Morgan fingerprint density at radius 1 is 1.06 bits per heavy atom. The number of hydrogen-bond acceptors (Lipinski definition) is 3. The first-order chi connectivity index (χ1) is 7.16. The van der Waals surface area contributed by atoms with Crippen LogP contribution in [0.3, 0.4) is 0 Å². The summed E-state index contributed by atoms with van der Waals surface area (Å²) in [4.78, 5) is 21.4. The molecule has 16 heavy (non-hydrogen) atoms. The lowest BCUT2D eigenvalue weighted by Gasteiger charge is -2.22. The summed E-state index contributed by atoms with van der Waals surface area (Å²) in [6.45, 7) is 12.2. The molecule has 0 heterocycles. The van der Waals surface area contributed by atoms with E-state index >= 15 is 0 Å². The molecule has 3 heteroatoms. The van der Waals surface area contributed by atoms with Crippen molar-refractivity contribution in [1.82, 2.24) is 0 Å². The first-order valence-electron chi connectivity index (χ1n) is 6.05. The summed E-state index contributed by atoms with van der Waals surface area (Å²) in [6, 6.07) is 0. The molecule has 0 amide bonds. The maximum Gasteiger partial charge on any atom is 0.342 e. The molecule has 0 saturated carbocycles. The zero-order valence-corrected chi connectivity index (χ0v) is 11.6. The van der Waals surface area contributed by atoms with E-state index in [9.17, 15) is 4.79 Å². The van der Waals surface area contributed by atoms with Crippen LogP contribution in [0.4, 0.5) is 0 Å². The Balaban J connectivity index is 3.81. The molecule has 0 spiro atoms. The molecular formula is C13H26O3. The Bertz CT molecular complexity index is 214. The monoisotopic (exact) mass is 230 g/mol. The Morgan fingerprint density at radius 3 is 2.06 bits per heavy atom. The molecule has 0 fully saturated rings. The minimum atomic E-state index is -0.383. The van der Waals surface area contributed by atoms with E-state index < -0.39 is 0 Å². The molecule has 0 N–H and O–H groups in total. The van der Waals surface area contributed by atoms with Crippen LogP contribution < -0.4 is 0 Å². The van der Waals surface area contributed by atoms with Crippen molar-refractivity contribution in [2.24, 2.45) is 5.41 Å². The third-order valence-electron chi connectivity index (χ3n) is 2.29. The van der Waals surface area contributed by atoms with Gasteiger partial charge in [-0.15, -0.1) is 0 Å². The van der Waals surface area contributed by atoms with Gasteiger partial charge in [-0.25, -0.2) is 4.79 Å². The summed E-state index contributed by atoms with van der Waals surface area (Å²) in [6.07, 6.45) is 3.10. The maximum absolute atomic E-state index is 11.4. The molecule has 0 aliphatic heterocycles. The first-order valence-corrected chi connectivity index (χ1v) is 6.05. The Hall–Kier alpha value is -0.570. The number of carbonyl (C=O) groups excluding carboxylic acids is 1. The second-order valence-electron chi connectivity index (χ2n) is 6.11. The minimum absolute atomic E-state index is 0.151. The lowest BCUT2D eigenvalue weighted by Crippen LogP contribution is -2.26. The molecule has 3 nitrogen and oxygen atoms in total. The van der Waals surface area contributed by atoms with Crippen LogP contribution in [-0.2, 0) is 14.6 Å². The van der Waals surface area contributed by atoms with Gasteiger partial charge in [-0.3, -0.25) is 4.89 Å². The van der Waals surface area contributed by atoms with Gasteiger partial charge in [0.2, 0.25) is 0 Å². The van der Waals surface area contributed by atoms with Crippen molar-refractivity contribution in [2.75, 3.05) is 0 Å². The van der Waals surface area contributed by atoms with Gasteiger partial charge in [-0.05, 0) is 32.1 Å². The Labute approximate surface area is 99.4 Å². The summed E-state index contributed by atoms with van der Waals surface area (Å²) < 4.78 is 0. The molecule has 0 aromatic rings. The average Bonchev–Trinajstić information content (AvgIpc) is 2.10. The fourth-order valence-electron chi connectivity index (χ4n) is 1.32. The largest absolute Gasteiger partial charge is 0.342 e. The Morgan fingerprint density at radius 2 is 1.62 bits per heavy atom. The van der Waals surface area contributed by atoms with Gasteiger partial charge < -0.3 is 0 Å². The van der Waals surface area contributed by atoms with Crippen molar-refractivity contribution in [2.45, 2.75) is 72.8 Å². The SMILES string of the molecule is CCCC(C)(C)OOC(=O)CCC(C)(C)C. The minimum Gasteiger partial charge on any atom is -0.298 e. The van der Waals surface area contributed by atoms with Crippen LogP contribution in [0.1, 0.15) is 67.2 Å². The molecular weight excluding hydrogens is 204 g/mol. The molecule has 0 aliphatic rings. The van der Waals surface area contributed by atoms with E-state index in [1.807, 2.05) is 13.8 Å². The quantitative estimate of drug-likeness (QED) is 0.513. The molecule has 0 rings (SSSR count). The van der Waals surface area contributed by atoms with Crippen LogP contribution in [0.25, 0.3) is 0 Å². The van der Waals surface area contributed by atoms with Crippen molar-refractivity contribution >= 4 is 5.97 Å². The molecule has 96 valence electrons. The van der Waals surface area contributed by atoms with Gasteiger partial charge in [-0.2, -0.15) is 4.89 Å². The smallest absolute Gasteiger partial charge is 0.298 e. The molecule has 0 atom stereocenters. The Kier molecular flexibility index (Phi) is 6.01. The van der Waals surface area contributed by atoms with Gasteiger partial charge in [0.25, 0.3) is 0 Å². The van der Waals surface area contributed by atoms with Crippen molar-refractivity contribution in [3.8, 4) is 0 Å². The van der Waals surface area contributed by atoms with Crippen molar-refractivity contribution in [1.29, 1.82) is 0 Å². The lowest BCUT2D eigenvalue weighted by atomic mass is 9.91. The average molecular weight is 230 g/mol. The van der Waals surface area contributed by atoms with E-state index in [4.69, 9.17) is 9.78 Å². The standard InChI is InChI=1S/C13H26O3/c1-7-9-13(5,6)16-15-11(14)8-10-12(2,3)4/h7-10H2,1-6H3. The lowest BCUT2D eigenvalue weighted by molar-refractivity contribution is -0.326.